The van der Waals surface area contributed by atoms with Crippen molar-refractivity contribution in [2.45, 2.75) is 39.3 Å². The van der Waals surface area contributed by atoms with Crippen molar-refractivity contribution in [3.05, 3.63) is 59.4 Å². The number of aromatic amines is 1. The van der Waals surface area contributed by atoms with Crippen molar-refractivity contribution >= 4 is 11.8 Å². The third kappa shape index (κ3) is 3.20. The van der Waals surface area contributed by atoms with Crippen LogP contribution in [0, 0.1) is 0 Å². The summed E-state index contributed by atoms with van der Waals surface area (Å²) < 4.78 is 5.78. The number of fused-ring (bicyclic) bond motifs is 3. The molecule has 0 radical (unpaired) electrons. The van der Waals surface area contributed by atoms with Gasteiger partial charge in [-0.2, -0.15) is 10.1 Å². The molecule has 4 heterocycles. The first-order chi connectivity index (χ1) is 14.4. The van der Waals surface area contributed by atoms with Crippen LogP contribution in [0.2, 0.25) is 0 Å². The highest BCUT2D eigenvalue weighted by atomic mass is 16.5. The fourth-order valence-corrected chi connectivity index (χ4v) is 3.99. The van der Waals surface area contributed by atoms with Crippen LogP contribution in [0.4, 0.5) is 10.6 Å². The molecule has 5 rings (SSSR count). The fourth-order valence-electron chi connectivity index (χ4n) is 3.99. The average molecular weight is 403 g/mol. The van der Waals surface area contributed by atoms with E-state index in [4.69, 9.17) is 4.74 Å². The molecular formula is C23H25N5O2. The third-order valence-corrected chi connectivity index (χ3v) is 5.75. The largest absolute Gasteiger partial charge is 0.471 e. The standard InChI is InChI=1S/C23H25N5O2/c1-23(2,3)16-6-4-5-15(11-16)13-27-9-10-28(22(27)29)20-8-7-17-18-12-24-26-19(18)14-30-21(17)25-20/h4-8,11-12H,9-10,13-14H2,1-3H3,(H,24,26). The summed E-state index contributed by atoms with van der Waals surface area (Å²) in [4.78, 5) is 21.3. The van der Waals surface area contributed by atoms with Gasteiger partial charge in [-0.15, -0.1) is 0 Å². The number of nitrogens with one attached hydrogen (secondary N) is 1. The number of aromatic nitrogens is 3. The summed E-state index contributed by atoms with van der Waals surface area (Å²) >= 11 is 0. The molecule has 3 aromatic rings. The number of pyridine rings is 1. The second-order valence-electron chi connectivity index (χ2n) is 8.88. The van der Waals surface area contributed by atoms with E-state index in [9.17, 15) is 4.79 Å². The molecule has 0 atom stereocenters. The van der Waals surface area contributed by atoms with E-state index < -0.39 is 0 Å². The molecule has 1 aromatic carbocycles. The van der Waals surface area contributed by atoms with Gasteiger partial charge in [0.25, 0.3) is 0 Å². The Balaban J connectivity index is 1.35. The molecule has 7 heteroatoms. The van der Waals surface area contributed by atoms with E-state index >= 15 is 0 Å². The number of hydrogen-bond acceptors (Lipinski definition) is 4. The van der Waals surface area contributed by atoms with Gasteiger partial charge in [0, 0.05) is 30.8 Å². The number of amides is 2. The topological polar surface area (TPSA) is 74.3 Å². The molecule has 154 valence electrons. The van der Waals surface area contributed by atoms with Crippen molar-refractivity contribution in [2.24, 2.45) is 0 Å². The minimum absolute atomic E-state index is 0.0246. The van der Waals surface area contributed by atoms with Crippen LogP contribution in [0.1, 0.15) is 37.6 Å². The van der Waals surface area contributed by atoms with Crippen molar-refractivity contribution in [3.8, 4) is 17.0 Å². The highest BCUT2D eigenvalue weighted by Crippen LogP contribution is 2.37. The summed E-state index contributed by atoms with van der Waals surface area (Å²) in [5.74, 6) is 1.17. The van der Waals surface area contributed by atoms with Crippen molar-refractivity contribution in [3.63, 3.8) is 0 Å². The van der Waals surface area contributed by atoms with Gasteiger partial charge in [-0.3, -0.25) is 10.00 Å². The van der Waals surface area contributed by atoms with Crippen molar-refractivity contribution in [1.82, 2.24) is 20.1 Å². The Morgan fingerprint density at radius 3 is 2.83 bits per heavy atom. The van der Waals surface area contributed by atoms with Crippen LogP contribution in [0.3, 0.4) is 0 Å². The number of ether oxygens (including phenoxy) is 1. The van der Waals surface area contributed by atoms with Crippen molar-refractivity contribution < 1.29 is 9.53 Å². The summed E-state index contributed by atoms with van der Waals surface area (Å²) in [5, 5.41) is 7.03. The maximum absolute atomic E-state index is 13.1. The second kappa shape index (κ2) is 6.86. The Hall–Kier alpha value is -3.35. The molecule has 0 aliphatic carbocycles. The van der Waals surface area contributed by atoms with Gasteiger partial charge in [0.1, 0.15) is 12.4 Å². The minimum Gasteiger partial charge on any atom is -0.471 e. The number of benzene rings is 1. The van der Waals surface area contributed by atoms with Crippen LogP contribution in [-0.2, 0) is 18.6 Å². The van der Waals surface area contributed by atoms with E-state index in [2.05, 4.69) is 60.2 Å². The lowest BCUT2D eigenvalue weighted by molar-refractivity contribution is 0.218. The molecule has 0 unspecified atom stereocenters. The van der Waals surface area contributed by atoms with Crippen LogP contribution in [0.15, 0.2) is 42.6 Å². The Bertz CT molecular complexity index is 1110. The predicted molar refractivity (Wildman–Crippen MR) is 114 cm³/mol. The summed E-state index contributed by atoms with van der Waals surface area (Å²) in [5.41, 5.74) is 5.35. The van der Waals surface area contributed by atoms with Gasteiger partial charge < -0.3 is 9.64 Å². The number of anilines is 1. The van der Waals surface area contributed by atoms with E-state index in [1.165, 1.54) is 5.56 Å². The highest BCUT2D eigenvalue weighted by Gasteiger charge is 2.32. The van der Waals surface area contributed by atoms with Gasteiger partial charge in [0.05, 0.1) is 11.9 Å². The van der Waals surface area contributed by atoms with Crippen LogP contribution in [0.25, 0.3) is 11.1 Å². The summed E-state index contributed by atoms with van der Waals surface area (Å²) in [6, 6.07) is 12.3. The molecule has 0 spiro atoms. The molecule has 2 amide bonds. The first kappa shape index (κ1) is 18.7. The number of rotatable bonds is 3. The summed E-state index contributed by atoms with van der Waals surface area (Å²) in [6.45, 7) is 8.88. The van der Waals surface area contributed by atoms with Crippen LogP contribution in [-0.4, -0.2) is 39.2 Å². The lowest BCUT2D eigenvalue weighted by Crippen LogP contribution is -2.32. The Morgan fingerprint density at radius 1 is 1.13 bits per heavy atom. The Labute approximate surface area is 175 Å². The fraction of sp³-hybridized carbons (Fsp3) is 0.348. The number of urea groups is 1. The number of carbonyl (C=O) groups excluding carboxylic acids is 1. The van der Waals surface area contributed by atoms with Gasteiger partial charge in [-0.25, -0.2) is 4.79 Å². The quantitative estimate of drug-likeness (QED) is 0.714. The zero-order chi connectivity index (χ0) is 20.9. The Kier molecular flexibility index (Phi) is 4.27. The van der Waals surface area contributed by atoms with Crippen LogP contribution < -0.4 is 9.64 Å². The lowest BCUT2D eigenvalue weighted by Gasteiger charge is -2.22. The maximum Gasteiger partial charge on any atom is 0.326 e. The molecular weight excluding hydrogens is 378 g/mol. The van der Waals surface area contributed by atoms with Crippen molar-refractivity contribution in [2.75, 3.05) is 18.0 Å². The van der Waals surface area contributed by atoms with Gasteiger partial charge in [0.15, 0.2) is 0 Å². The molecule has 2 aliphatic rings. The first-order valence-electron chi connectivity index (χ1n) is 10.2. The highest BCUT2D eigenvalue weighted by molar-refractivity contribution is 5.93. The minimum atomic E-state index is -0.0246. The van der Waals surface area contributed by atoms with E-state index in [1.54, 1.807) is 11.1 Å². The van der Waals surface area contributed by atoms with Crippen LogP contribution >= 0.6 is 0 Å². The monoisotopic (exact) mass is 403 g/mol. The number of nitrogens with zero attached hydrogens (tertiary/aromatic N) is 4. The molecule has 0 bridgehead atoms. The summed E-state index contributed by atoms with van der Waals surface area (Å²) in [6.07, 6.45) is 1.78. The molecule has 2 aliphatic heterocycles. The predicted octanol–water partition coefficient (Wildman–Crippen LogP) is 4.10. The number of hydrogen-bond donors (Lipinski definition) is 1. The molecule has 7 nitrogen and oxygen atoms in total. The van der Waals surface area contributed by atoms with Gasteiger partial charge in [0.2, 0.25) is 5.88 Å². The maximum atomic E-state index is 13.1. The van der Waals surface area contributed by atoms with E-state index in [-0.39, 0.29) is 11.4 Å². The zero-order valence-electron chi connectivity index (χ0n) is 17.5. The van der Waals surface area contributed by atoms with Gasteiger partial charge >= 0.3 is 6.03 Å². The van der Waals surface area contributed by atoms with E-state index in [1.807, 2.05) is 17.0 Å². The van der Waals surface area contributed by atoms with E-state index in [0.29, 0.717) is 37.9 Å². The average Bonchev–Trinajstić information content (AvgIpc) is 3.34. The molecule has 1 fully saturated rings. The first-order valence-corrected chi connectivity index (χ1v) is 10.2. The van der Waals surface area contributed by atoms with E-state index in [0.717, 1.165) is 22.4 Å². The Morgan fingerprint density at radius 2 is 2.00 bits per heavy atom. The van der Waals surface area contributed by atoms with Crippen molar-refractivity contribution in [1.29, 1.82) is 0 Å². The summed E-state index contributed by atoms with van der Waals surface area (Å²) in [7, 11) is 0. The molecule has 0 saturated carbocycles. The molecule has 2 aromatic heterocycles. The molecule has 1 saturated heterocycles. The lowest BCUT2D eigenvalue weighted by atomic mass is 9.86. The smallest absolute Gasteiger partial charge is 0.326 e. The molecule has 30 heavy (non-hydrogen) atoms. The number of carbonyl (C=O) groups is 1. The number of H-pyrrole nitrogens is 1. The van der Waals surface area contributed by atoms with Gasteiger partial charge in [-0.1, -0.05) is 45.0 Å². The third-order valence-electron chi connectivity index (χ3n) is 5.75. The SMILES string of the molecule is CC(C)(C)c1cccc(CN2CCN(c3ccc4c(n3)OCc3[nH]ncc3-4)C2=O)c1. The second-order valence-corrected chi connectivity index (χ2v) is 8.88. The van der Waals surface area contributed by atoms with Crippen LogP contribution in [0.5, 0.6) is 5.88 Å². The molecule has 1 N–H and O–H groups in total. The normalized spacial score (nSPS) is 15.8. The zero-order valence-corrected chi connectivity index (χ0v) is 17.5. The van der Waals surface area contributed by atoms with Gasteiger partial charge in [-0.05, 0) is 28.7 Å².